The first kappa shape index (κ1) is 13.2. The highest BCUT2D eigenvalue weighted by Gasteiger charge is 2.10. The number of rotatable bonds is 3. The number of nitrogens with zero attached hydrogens (tertiary/aromatic N) is 2. The summed E-state index contributed by atoms with van der Waals surface area (Å²) in [6.07, 6.45) is 1.86. The van der Waals surface area contributed by atoms with Crippen molar-refractivity contribution < 1.29 is 0 Å². The lowest BCUT2D eigenvalue weighted by Gasteiger charge is -2.02. The van der Waals surface area contributed by atoms with Crippen LogP contribution < -0.4 is 5.73 Å². The van der Waals surface area contributed by atoms with Crippen molar-refractivity contribution in [2.45, 2.75) is 13.5 Å². The minimum absolute atomic E-state index is 0.673. The molecule has 2 N–H and O–H groups in total. The average molecular weight is 304 g/mol. The topological polar surface area (TPSA) is 43.8 Å². The van der Waals surface area contributed by atoms with E-state index in [0.29, 0.717) is 12.2 Å². The predicted octanol–water partition coefficient (Wildman–Crippen LogP) is 4.20. The lowest BCUT2D eigenvalue weighted by Crippen LogP contribution is -2.00. The summed E-state index contributed by atoms with van der Waals surface area (Å²) in [6.45, 7) is 2.80. The molecule has 2 heterocycles. The number of aromatic nitrogens is 2. The highest BCUT2D eigenvalue weighted by atomic mass is 35.5. The smallest absolute Gasteiger partial charge is 0.116 e. The summed E-state index contributed by atoms with van der Waals surface area (Å²) in [7, 11) is 0. The van der Waals surface area contributed by atoms with Crippen molar-refractivity contribution in [1.29, 1.82) is 0 Å². The average Bonchev–Trinajstić information content (AvgIpc) is 2.96. The third-order valence-corrected chi connectivity index (χ3v) is 4.15. The summed E-state index contributed by atoms with van der Waals surface area (Å²) in [5.41, 5.74) is 10.9. The molecule has 0 unspecified atom stereocenters. The van der Waals surface area contributed by atoms with Gasteiger partial charge >= 0.3 is 0 Å². The first-order chi connectivity index (χ1) is 9.61. The maximum absolute atomic E-state index is 6.04. The maximum Gasteiger partial charge on any atom is 0.116 e. The molecule has 3 nitrogen and oxygen atoms in total. The van der Waals surface area contributed by atoms with Crippen LogP contribution in [0.1, 0.15) is 11.1 Å². The van der Waals surface area contributed by atoms with E-state index in [0.717, 1.165) is 15.6 Å². The van der Waals surface area contributed by atoms with Crippen LogP contribution in [0.25, 0.3) is 11.3 Å². The van der Waals surface area contributed by atoms with E-state index in [1.54, 1.807) is 0 Å². The third-order valence-electron chi connectivity index (χ3n) is 3.06. The van der Waals surface area contributed by atoms with E-state index < -0.39 is 0 Å². The Kier molecular flexibility index (Phi) is 3.51. The van der Waals surface area contributed by atoms with Gasteiger partial charge in [-0.25, -0.2) is 0 Å². The fourth-order valence-electron chi connectivity index (χ4n) is 2.17. The number of nitrogens with two attached hydrogens (primary N) is 1. The second kappa shape index (κ2) is 5.31. The largest absolute Gasteiger partial charge is 0.396 e. The van der Waals surface area contributed by atoms with Crippen LogP contribution in [0.2, 0.25) is 4.34 Å². The van der Waals surface area contributed by atoms with E-state index in [2.05, 4.69) is 36.3 Å². The van der Waals surface area contributed by atoms with Gasteiger partial charge in [-0.2, -0.15) is 5.10 Å². The van der Waals surface area contributed by atoms with Crippen LogP contribution in [0, 0.1) is 6.92 Å². The van der Waals surface area contributed by atoms with Gasteiger partial charge in [0.1, 0.15) is 5.69 Å². The molecule has 0 saturated heterocycles. The molecule has 20 heavy (non-hydrogen) atoms. The van der Waals surface area contributed by atoms with Crippen LogP contribution in [-0.4, -0.2) is 9.78 Å². The Morgan fingerprint density at radius 3 is 2.90 bits per heavy atom. The fourth-order valence-corrected chi connectivity index (χ4v) is 3.04. The number of thiophene rings is 1. The second-order valence-electron chi connectivity index (χ2n) is 4.76. The number of benzene rings is 1. The van der Waals surface area contributed by atoms with Crippen molar-refractivity contribution in [2.24, 2.45) is 0 Å². The molecule has 3 rings (SSSR count). The van der Waals surface area contributed by atoms with E-state index in [-0.39, 0.29) is 0 Å². The maximum atomic E-state index is 6.04. The zero-order valence-electron chi connectivity index (χ0n) is 11.0. The van der Waals surface area contributed by atoms with Crippen molar-refractivity contribution in [3.05, 3.63) is 57.4 Å². The van der Waals surface area contributed by atoms with Gasteiger partial charge in [-0.05, 0) is 18.6 Å². The van der Waals surface area contributed by atoms with Gasteiger partial charge in [0.25, 0.3) is 0 Å². The summed E-state index contributed by atoms with van der Waals surface area (Å²) >= 11 is 7.44. The van der Waals surface area contributed by atoms with Crippen LogP contribution >= 0.6 is 22.9 Å². The van der Waals surface area contributed by atoms with Gasteiger partial charge in [-0.3, -0.25) is 4.68 Å². The Bertz CT molecular complexity index is 745. The van der Waals surface area contributed by atoms with Crippen LogP contribution in [-0.2, 0) is 6.54 Å². The second-order valence-corrected chi connectivity index (χ2v) is 6.30. The molecule has 102 valence electrons. The number of hydrogen-bond acceptors (Lipinski definition) is 3. The predicted molar refractivity (Wildman–Crippen MR) is 85.2 cm³/mol. The number of anilines is 1. The minimum atomic E-state index is 0.673. The van der Waals surface area contributed by atoms with E-state index >= 15 is 0 Å². The first-order valence-corrected chi connectivity index (χ1v) is 7.50. The molecular weight excluding hydrogens is 290 g/mol. The molecular formula is C15H14ClN3S. The van der Waals surface area contributed by atoms with Crippen LogP contribution in [0.15, 0.2) is 41.9 Å². The van der Waals surface area contributed by atoms with Crippen LogP contribution in [0.3, 0.4) is 0 Å². The van der Waals surface area contributed by atoms with Gasteiger partial charge in [0.15, 0.2) is 0 Å². The van der Waals surface area contributed by atoms with Crippen LogP contribution in [0.5, 0.6) is 0 Å². The molecule has 2 aromatic heterocycles. The molecule has 0 radical (unpaired) electrons. The van der Waals surface area contributed by atoms with Gasteiger partial charge in [-0.15, -0.1) is 11.3 Å². The molecule has 0 spiro atoms. The molecule has 0 aliphatic carbocycles. The summed E-state index contributed by atoms with van der Waals surface area (Å²) < 4.78 is 2.61. The molecule has 0 bridgehead atoms. The summed E-state index contributed by atoms with van der Waals surface area (Å²) in [5.74, 6) is 0. The van der Waals surface area contributed by atoms with Gasteiger partial charge in [0, 0.05) is 17.1 Å². The molecule has 0 amide bonds. The Morgan fingerprint density at radius 2 is 2.20 bits per heavy atom. The Hall–Kier alpha value is -1.78. The Balaban J connectivity index is 1.89. The van der Waals surface area contributed by atoms with E-state index in [4.69, 9.17) is 17.3 Å². The van der Waals surface area contributed by atoms with E-state index in [9.17, 15) is 0 Å². The lowest BCUT2D eigenvalue weighted by molar-refractivity contribution is 0.689. The van der Waals surface area contributed by atoms with Gasteiger partial charge < -0.3 is 5.73 Å². The summed E-state index contributed by atoms with van der Waals surface area (Å²) in [4.78, 5) is 0. The zero-order chi connectivity index (χ0) is 14.1. The highest BCUT2D eigenvalue weighted by Crippen LogP contribution is 2.31. The molecule has 0 atom stereocenters. The number of hydrogen-bond donors (Lipinski definition) is 1. The van der Waals surface area contributed by atoms with Crippen LogP contribution in [0.4, 0.5) is 5.69 Å². The summed E-state index contributed by atoms with van der Waals surface area (Å²) in [6, 6.07) is 10.3. The molecule has 0 saturated carbocycles. The number of aryl methyl sites for hydroxylation is 1. The minimum Gasteiger partial charge on any atom is -0.396 e. The highest BCUT2D eigenvalue weighted by molar-refractivity contribution is 7.14. The molecule has 3 aromatic rings. The fraction of sp³-hybridized carbons (Fsp3) is 0.133. The Morgan fingerprint density at radius 1 is 1.35 bits per heavy atom. The zero-order valence-corrected chi connectivity index (χ0v) is 12.6. The molecule has 5 heteroatoms. The van der Waals surface area contributed by atoms with Crippen molar-refractivity contribution in [2.75, 3.05) is 5.73 Å². The van der Waals surface area contributed by atoms with Crippen molar-refractivity contribution in [3.63, 3.8) is 0 Å². The summed E-state index contributed by atoms with van der Waals surface area (Å²) in [5, 5.41) is 6.53. The van der Waals surface area contributed by atoms with Crippen molar-refractivity contribution in [3.8, 4) is 11.3 Å². The molecule has 0 fully saturated rings. The molecule has 1 aromatic carbocycles. The van der Waals surface area contributed by atoms with Gasteiger partial charge in [-0.1, -0.05) is 41.4 Å². The normalized spacial score (nSPS) is 10.9. The first-order valence-electron chi connectivity index (χ1n) is 6.25. The third kappa shape index (κ3) is 2.71. The molecule has 0 aliphatic heterocycles. The quantitative estimate of drug-likeness (QED) is 0.788. The van der Waals surface area contributed by atoms with Gasteiger partial charge in [0.05, 0.1) is 16.6 Å². The van der Waals surface area contributed by atoms with Crippen molar-refractivity contribution >= 4 is 28.6 Å². The van der Waals surface area contributed by atoms with Gasteiger partial charge in [0.2, 0.25) is 0 Å². The number of nitrogen functional groups attached to an aromatic ring is 1. The lowest BCUT2D eigenvalue weighted by atomic mass is 10.1. The standard InChI is InChI=1S/C15H14ClN3S/c1-10-3-2-4-11(5-10)7-19-8-13(17)15(18-19)12-6-14(16)20-9-12/h2-6,8-9H,7,17H2,1H3. The van der Waals surface area contributed by atoms with E-state index in [1.165, 1.54) is 22.5 Å². The monoisotopic (exact) mass is 303 g/mol. The Labute approximate surface area is 126 Å². The van der Waals surface area contributed by atoms with Crippen molar-refractivity contribution in [1.82, 2.24) is 9.78 Å². The van der Waals surface area contributed by atoms with E-state index in [1.807, 2.05) is 22.3 Å². The molecule has 0 aliphatic rings. The number of halogens is 1. The SMILES string of the molecule is Cc1cccc(Cn2cc(N)c(-c3csc(Cl)c3)n2)c1.